The number of hydrogen-bond donors (Lipinski definition) is 1. The molecule has 1 aliphatic carbocycles. The third-order valence-corrected chi connectivity index (χ3v) is 5.81. The van der Waals surface area contributed by atoms with Crippen LogP contribution in [0.5, 0.6) is 0 Å². The van der Waals surface area contributed by atoms with Gasteiger partial charge in [0.1, 0.15) is 6.17 Å². The largest absolute Gasteiger partial charge is 0.332 e. The van der Waals surface area contributed by atoms with E-state index in [2.05, 4.69) is 5.32 Å². The summed E-state index contributed by atoms with van der Waals surface area (Å²) in [7, 11) is 0. The molecule has 26 heavy (non-hydrogen) atoms. The van der Waals surface area contributed by atoms with Gasteiger partial charge in [-0.25, -0.2) is 0 Å². The van der Waals surface area contributed by atoms with Gasteiger partial charge in [0, 0.05) is 24.1 Å². The Hall–Kier alpha value is -1.84. The molecule has 1 atom stereocenters. The van der Waals surface area contributed by atoms with Gasteiger partial charge in [0.2, 0.25) is 5.91 Å². The Morgan fingerprint density at radius 1 is 0.923 bits per heavy atom. The van der Waals surface area contributed by atoms with Crippen LogP contribution in [0.2, 0.25) is 0 Å². The van der Waals surface area contributed by atoms with Crippen molar-refractivity contribution in [3.63, 3.8) is 0 Å². The van der Waals surface area contributed by atoms with Crippen LogP contribution in [-0.4, -0.2) is 22.8 Å². The summed E-state index contributed by atoms with van der Waals surface area (Å²) in [5, 5.41) is 3.03. The van der Waals surface area contributed by atoms with Crippen molar-refractivity contribution in [1.82, 2.24) is 10.2 Å². The Morgan fingerprint density at radius 3 is 2.04 bits per heavy atom. The monoisotopic (exact) mass is 356 g/mol. The quantitative estimate of drug-likeness (QED) is 0.815. The van der Waals surface area contributed by atoms with Gasteiger partial charge in [-0.1, -0.05) is 76.0 Å². The smallest absolute Gasteiger partial charge is 0.256 e. The van der Waals surface area contributed by atoms with E-state index >= 15 is 0 Å². The van der Waals surface area contributed by atoms with E-state index in [-0.39, 0.29) is 24.0 Å². The van der Waals surface area contributed by atoms with Gasteiger partial charge in [-0.2, -0.15) is 0 Å². The Kier molecular flexibility index (Phi) is 6.70. The fourth-order valence-electron chi connectivity index (χ4n) is 4.47. The summed E-state index contributed by atoms with van der Waals surface area (Å²) in [6.45, 7) is 1.53. The summed E-state index contributed by atoms with van der Waals surface area (Å²) in [4.78, 5) is 26.9. The second kappa shape index (κ2) is 9.20. The van der Waals surface area contributed by atoms with Gasteiger partial charge in [-0.15, -0.1) is 0 Å². The third-order valence-electron chi connectivity index (χ3n) is 5.81. The molecule has 0 radical (unpaired) electrons. The van der Waals surface area contributed by atoms with Crippen LogP contribution in [0.4, 0.5) is 0 Å². The summed E-state index contributed by atoms with van der Waals surface area (Å²) < 4.78 is 0. The lowest BCUT2D eigenvalue weighted by Gasteiger charge is -2.34. The van der Waals surface area contributed by atoms with Crippen molar-refractivity contribution in [3.8, 4) is 0 Å². The maximum Gasteiger partial charge on any atom is 0.256 e. The third kappa shape index (κ3) is 4.46. The number of carbonyl (C=O) groups is 2. The molecular formula is C22H32N2O2. The van der Waals surface area contributed by atoms with Gasteiger partial charge in [0.15, 0.2) is 0 Å². The number of benzene rings is 1. The van der Waals surface area contributed by atoms with Gasteiger partial charge >= 0.3 is 0 Å². The van der Waals surface area contributed by atoms with E-state index in [0.717, 1.165) is 36.8 Å². The highest BCUT2D eigenvalue weighted by Crippen LogP contribution is 2.36. The zero-order chi connectivity index (χ0) is 18.4. The zero-order valence-corrected chi connectivity index (χ0v) is 16.0. The van der Waals surface area contributed by atoms with E-state index in [0.29, 0.717) is 0 Å². The van der Waals surface area contributed by atoms with Gasteiger partial charge < -0.3 is 10.2 Å². The first-order valence-electron chi connectivity index (χ1n) is 10.4. The second-order valence-corrected chi connectivity index (χ2v) is 7.82. The topological polar surface area (TPSA) is 49.4 Å². The molecule has 1 aromatic rings. The van der Waals surface area contributed by atoms with E-state index in [4.69, 9.17) is 0 Å². The molecule has 1 aliphatic heterocycles. The molecule has 1 N–H and O–H groups in total. The first-order chi connectivity index (χ1) is 12.7. The van der Waals surface area contributed by atoms with Gasteiger partial charge in [0.05, 0.1) is 0 Å². The molecule has 4 nitrogen and oxygen atoms in total. The van der Waals surface area contributed by atoms with Crippen LogP contribution >= 0.6 is 0 Å². The van der Waals surface area contributed by atoms with Crippen molar-refractivity contribution in [2.45, 2.75) is 89.8 Å². The summed E-state index contributed by atoms with van der Waals surface area (Å²) in [5.74, 6) is -0.00546. The van der Waals surface area contributed by atoms with Gasteiger partial charge in [0.25, 0.3) is 5.91 Å². The Balaban J connectivity index is 1.80. The standard InChI is InChI=1S/C22H32N2O2/c1-17(25)23-21-19-15-11-12-16-20(19)22(26)24(21)18-13-9-7-5-3-2-4-6-8-10-14-18/h11-12,15-16,18,21H,2-10,13-14H2,1H3,(H,23,25)/t21-/m1/s1. The normalized spacial score (nSPS) is 23.0. The highest BCUT2D eigenvalue weighted by Gasteiger charge is 2.40. The summed E-state index contributed by atoms with van der Waals surface area (Å²) in [6.07, 6.45) is 13.2. The van der Waals surface area contributed by atoms with E-state index in [1.165, 1.54) is 51.9 Å². The number of amides is 2. The molecule has 4 heteroatoms. The van der Waals surface area contributed by atoms with Crippen molar-refractivity contribution < 1.29 is 9.59 Å². The lowest BCUT2D eigenvalue weighted by molar-refractivity contribution is -0.120. The minimum atomic E-state index is -0.311. The molecule has 0 bridgehead atoms. The lowest BCUT2D eigenvalue weighted by atomic mass is 9.96. The SMILES string of the molecule is CC(=O)N[C@H]1c2ccccc2C(=O)N1C1CCCCCCCCCCC1. The van der Waals surface area contributed by atoms with Crippen LogP contribution in [0, 0.1) is 0 Å². The fraction of sp³-hybridized carbons (Fsp3) is 0.636. The van der Waals surface area contributed by atoms with E-state index in [1.807, 2.05) is 29.2 Å². The van der Waals surface area contributed by atoms with Gasteiger partial charge in [-0.05, 0) is 18.9 Å². The van der Waals surface area contributed by atoms with Crippen molar-refractivity contribution in [1.29, 1.82) is 0 Å². The highest BCUT2D eigenvalue weighted by atomic mass is 16.2. The van der Waals surface area contributed by atoms with Crippen LogP contribution in [0.15, 0.2) is 24.3 Å². The molecule has 142 valence electrons. The number of hydrogen-bond acceptors (Lipinski definition) is 2. The molecule has 1 heterocycles. The molecule has 0 saturated heterocycles. The molecule has 2 aliphatic rings. The van der Waals surface area contributed by atoms with Crippen LogP contribution in [0.1, 0.15) is 99.6 Å². The minimum absolute atomic E-state index is 0.0800. The van der Waals surface area contributed by atoms with Crippen molar-refractivity contribution in [3.05, 3.63) is 35.4 Å². The van der Waals surface area contributed by atoms with Crippen LogP contribution < -0.4 is 5.32 Å². The molecule has 1 fully saturated rings. The fourth-order valence-corrected chi connectivity index (χ4v) is 4.47. The van der Waals surface area contributed by atoms with Crippen molar-refractivity contribution >= 4 is 11.8 Å². The number of nitrogens with one attached hydrogen (secondary N) is 1. The molecule has 0 aromatic heterocycles. The highest BCUT2D eigenvalue weighted by molar-refractivity contribution is 5.99. The van der Waals surface area contributed by atoms with Crippen molar-refractivity contribution in [2.24, 2.45) is 0 Å². The first kappa shape index (κ1) is 18.9. The Labute approximate surface area is 157 Å². The van der Waals surface area contributed by atoms with E-state index in [1.54, 1.807) is 0 Å². The maximum atomic E-state index is 13.1. The number of rotatable bonds is 2. The van der Waals surface area contributed by atoms with Crippen molar-refractivity contribution in [2.75, 3.05) is 0 Å². The Bertz CT molecular complexity index is 616. The molecule has 0 spiro atoms. The average molecular weight is 357 g/mol. The first-order valence-corrected chi connectivity index (χ1v) is 10.4. The molecule has 0 unspecified atom stereocenters. The molecule has 1 saturated carbocycles. The number of carbonyl (C=O) groups excluding carboxylic acids is 2. The lowest BCUT2D eigenvalue weighted by Crippen LogP contribution is -2.45. The zero-order valence-electron chi connectivity index (χ0n) is 16.0. The Morgan fingerprint density at radius 2 is 1.46 bits per heavy atom. The van der Waals surface area contributed by atoms with E-state index < -0.39 is 0 Å². The maximum absolute atomic E-state index is 13.1. The van der Waals surface area contributed by atoms with Crippen LogP contribution in [0.25, 0.3) is 0 Å². The summed E-state index contributed by atoms with van der Waals surface area (Å²) in [5.41, 5.74) is 1.69. The number of nitrogens with zero attached hydrogens (tertiary/aromatic N) is 1. The molecule has 3 rings (SSSR count). The average Bonchev–Trinajstić information content (AvgIpc) is 2.88. The number of fused-ring (bicyclic) bond motifs is 1. The van der Waals surface area contributed by atoms with Crippen LogP contribution in [-0.2, 0) is 4.79 Å². The predicted molar refractivity (Wildman–Crippen MR) is 104 cm³/mol. The molecule has 2 amide bonds. The summed E-state index contributed by atoms with van der Waals surface area (Å²) >= 11 is 0. The summed E-state index contributed by atoms with van der Waals surface area (Å²) in [6, 6.07) is 7.94. The molecular weight excluding hydrogens is 324 g/mol. The minimum Gasteiger partial charge on any atom is -0.332 e. The van der Waals surface area contributed by atoms with Crippen LogP contribution in [0.3, 0.4) is 0 Å². The molecule has 1 aromatic carbocycles. The predicted octanol–water partition coefficient (Wildman–Crippen LogP) is 4.95. The second-order valence-electron chi connectivity index (χ2n) is 7.82. The van der Waals surface area contributed by atoms with E-state index in [9.17, 15) is 9.59 Å². The van der Waals surface area contributed by atoms with Gasteiger partial charge in [-0.3, -0.25) is 9.59 Å².